The average molecular weight is 1040 g/mol. The van der Waals surface area contributed by atoms with Crippen LogP contribution < -0.4 is 20.7 Å². The number of fused-ring (bicyclic) bond motifs is 2. The third-order valence-electron chi connectivity index (χ3n) is 13.0. The molecule has 0 atom stereocenters. The molecule has 8 heteroatoms. The predicted octanol–water partition coefficient (Wildman–Crippen LogP) is 14.4. The first-order valence-electron chi connectivity index (χ1n) is 20.3. The van der Waals surface area contributed by atoms with Crippen molar-refractivity contribution in [1.29, 1.82) is 0 Å². The van der Waals surface area contributed by atoms with Gasteiger partial charge in [0.15, 0.2) is 0 Å². The second-order valence-electron chi connectivity index (χ2n) is 16.8. The third-order valence-corrected chi connectivity index (χ3v) is 20.6. The maximum absolute atomic E-state index is 4.93. The molecule has 0 N–H and O–H groups in total. The molecular formula is C50H60Cl4Si2Zr2. The summed E-state index contributed by atoms with van der Waals surface area (Å²) < 4.78 is 0. The van der Waals surface area contributed by atoms with E-state index in [1.807, 2.05) is 0 Å². The SMILES string of the molecule is CCCCc1c[c-]([Si](C)(C)[c-]2c(C)c(C)c(C)c2C)c2ccccc12.Cc1c(C)c(C)[c-]([Si](C)(C)[c-]2cc(-c3ccccc3)c3ccccc32)c1C.[Cl][Zr+2][Cl].[Cl][Zr+2][Cl]. The number of aryl methyl sites for hydroxylation is 1. The van der Waals surface area contributed by atoms with Crippen molar-refractivity contribution in [2.75, 3.05) is 0 Å². The molecule has 0 bridgehead atoms. The molecule has 0 spiro atoms. The van der Waals surface area contributed by atoms with Gasteiger partial charge in [0.1, 0.15) is 0 Å². The van der Waals surface area contributed by atoms with E-state index < -0.39 is 57.8 Å². The van der Waals surface area contributed by atoms with E-state index in [4.69, 9.17) is 34.1 Å². The van der Waals surface area contributed by atoms with E-state index >= 15 is 0 Å². The molecule has 0 nitrogen and oxygen atoms in total. The Balaban J connectivity index is 0.000000227. The van der Waals surface area contributed by atoms with Crippen molar-refractivity contribution in [3.63, 3.8) is 0 Å². The van der Waals surface area contributed by atoms with Gasteiger partial charge < -0.3 is 0 Å². The molecule has 7 rings (SSSR count). The van der Waals surface area contributed by atoms with Gasteiger partial charge in [0.2, 0.25) is 0 Å². The fraction of sp³-hybridized carbons (Fsp3) is 0.320. The summed E-state index contributed by atoms with van der Waals surface area (Å²) in [6.07, 6.45) is 3.75. The van der Waals surface area contributed by atoms with Gasteiger partial charge in [0.05, 0.1) is 0 Å². The molecule has 0 saturated heterocycles. The van der Waals surface area contributed by atoms with Crippen molar-refractivity contribution in [2.45, 2.75) is 108 Å². The number of hydrogen-bond donors (Lipinski definition) is 0. The van der Waals surface area contributed by atoms with Crippen molar-refractivity contribution >= 4 is 92.5 Å². The molecule has 7 aromatic rings. The molecule has 0 saturated carbocycles. The first-order valence-corrected chi connectivity index (χ1v) is 38.9. The van der Waals surface area contributed by atoms with Gasteiger partial charge in [0.25, 0.3) is 0 Å². The van der Waals surface area contributed by atoms with Gasteiger partial charge in [-0.15, -0.1) is 86.0 Å². The number of unbranched alkanes of at least 4 members (excludes halogenated alkanes) is 1. The van der Waals surface area contributed by atoms with Crippen molar-refractivity contribution < 1.29 is 41.7 Å². The van der Waals surface area contributed by atoms with Gasteiger partial charge in [-0.25, -0.2) is 0 Å². The maximum atomic E-state index is 4.93. The van der Waals surface area contributed by atoms with Crippen molar-refractivity contribution in [3.8, 4) is 11.1 Å². The van der Waals surface area contributed by atoms with E-state index in [9.17, 15) is 0 Å². The van der Waals surface area contributed by atoms with Crippen LogP contribution >= 0.6 is 34.1 Å². The van der Waals surface area contributed by atoms with Crippen LogP contribution in [0, 0.1) is 55.4 Å². The summed E-state index contributed by atoms with van der Waals surface area (Å²) >= 11 is -1.65. The average Bonchev–Trinajstić information content (AvgIpc) is 3.90. The molecule has 0 aromatic heterocycles. The molecule has 0 fully saturated rings. The predicted molar refractivity (Wildman–Crippen MR) is 262 cm³/mol. The van der Waals surface area contributed by atoms with E-state index in [1.165, 1.54) is 96.4 Å². The summed E-state index contributed by atoms with van der Waals surface area (Å²) in [7, 11) is 16.2. The molecule has 0 aliphatic carbocycles. The Labute approximate surface area is 389 Å². The van der Waals surface area contributed by atoms with Crippen LogP contribution in [0.25, 0.3) is 32.7 Å². The normalized spacial score (nSPS) is 11.3. The zero-order valence-corrected chi connectivity index (χ0v) is 46.7. The minimum absolute atomic E-state index is 0.826. The Morgan fingerprint density at radius 2 is 0.862 bits per heavy atom. The number of hydrogen-bond acceptors (Lipinski definition) is 0. The zero-order valence-electron chi connectivity index (χ0n) is 36.8. The van der Waals surface area contributed by atoms with Crippen molar-refractivity contribution in [1.82, 2.24) is 0 Å². The topological polar surface area (TPSA) is 0 Å². The van der Waals surface area contributed by atoms with Crippen molar-refractivity contribution in [3.05, 3.63) is 141 Å². The Kier molecular flexibility index (Phi) is 18.7. The monoisotopic (exact) mass is 1040 g/mol. The summed E-state index contributed by atoms with van der Waals surface area (Å²) in [5.41, 5.74) is 16.3. The van der Waals surface area contributed by atoms with Crippen LogP contribution in [-0.4, -0.2) is 16.1 Å². The Morgan fingerprint density at radius 3 is 1.29 bits per heavy atom. The Bertz CT molecular complexity index is 2370. The number of rotatable bonds is 8. The van der Waals surface area contributed by atoms with Crippen LogP contribution in [0.5, 0.6) is 0 Å². The summed E-state index contributed by atoms with van der Waals surface area (Å²) in [6.45, 7) is 30.9. The van der Waals surface area contributed by atoms with Crippen LogP contribution in [0.1, 0.15) is 69.8 Å². The van der Waals surface area contributed by atoms with E-state index in [0.717, 1.165) is 0 Å². The molecular weight excluding hydrogens is 981 g/mol. The standard InChI is InChI=1S/C26H28Si.C24H32Si.4ClH.2Zr/c1-17-18(2)20(4)26(19(17)3)27(5,6)25-16-24(21-12-8-7-9-13-21)22-14-10-11-15-23(22)25;1-8-9-12-20-15-23(22-14-11-10-13-21(20)22)25(6,7)24-18(4)16(2)17(3)19(24)5;;;;;;/h7-16H,1-6H3;10-11,13-15H,8-9,12H2,1-7H3;4*1H;;/q2*-2;;;;;2*+4/p-4. The van der Waals surface area contributed by atoms with E-state index in [1.54, 1.807) is 26.3 Å². The number of benzene rings is 3. The zero-order chi connectivity index (χ0) is 43.1. The molecule has 304 valence electrons. The summed E-state index contributed by atoms with van der Waals surface area (Å²) in [4.78, 5) is 0. The molecule has 0 heterocycles. The summed E-state index contributed by atoms with van der Waals surface area (Å²) in [5.74, 6) is 0. The van der Waals surface area contributed by atoms with Gasteiger partial charge in [-0.2, -0.15) is 60.4 Å². The van der Waals surface area contributed by atoms with Crippen molar-refractivity contribution in [2.24, 2.45) is 0 Å². The fourth-order valence-electron chi connectivity index (χ4n) is 9.63. The molecule has 0 aliphatic rings. The van der Waals surface area contributed by atoms with E-state index in [2.05, 4.69) is 179 Å². The van der Waals surface area contributed by atoms with Crippen LogP contribution in [0.3, 0.4) is 0 Å². The second kappa shape index (κ2) is 21.8. The Hall–Kier alpha value is -1.06. The molecule has 0 unspecified atom stereocenters. The molecule has 0 aliphatic heterocycles. The van der Waals surface area contributed by atoms with Crippen LogP contribution in [0.2, 0.25) is 26.2 Å². The first-order chi connectivity index (χ1) is 27.5. The van der Waals surface area contributed by atoms with E-state index in [0.29, 0.717) is 0 Å². The fourth-order valence-corrected chi connectivity index (χ4v) is 17.5. The van der Waals surface area contributed by atoms with Crippen LogP contribution in [-0.2, 0) is 48.1 Å². The van der Waals surface area contributed by atoms with Gasteiger partial charge >= 0.3 is 75.7 Å². The van der Waals surface area contributed by atoms with E-state index in [-0.39, 0.29) is 0 Å². The summed E-state index contributed by atoms with van der Waals surface area (Å²) in [6, 6.07) is 33.9. The quantitative estimate of drug-likeness (QED) is 0.105. The molecule has 7 aromatic carbocycles. The Morgan fingerprint density at radius 1 is 0.500 bits per heavy atom. The summed E-state index contributed by atoms with van der Waals surface area (Å²) in [5, 5.41) is 12.3. The van der Waals surface area contributed by atoms with Crippen LogP contribution in [0.15, 0.2) is 91.0 Å². The van der Waals surface area contributed by atoms with Gasteiger partial charge in [-0.05, 0) is 0 Å². The third kappa shape index (κ3) is 10.2. The van der Waals surface area contributed by atoms with Gasteiger partial charge in [-0.1, -0.05) is 156 Å². The minimum atomic E-state index is -1.83. The van der Waals surface area contributed by atoms with Crippen LogP contribution in [0.4, 0.5) is 0 Å². The molecule has 58 heavy (non-hydrogen) atoms. The van der Waals surface area contributed by atoms with Gasteiger partial charge in [0, 0.05) is 16.1 Å². The number of halogens is 4. The molecule has 0 amide bonds. The molecule has 0 radical (unpaired) electrons. The first kappa shape index (κ1) is 49.6. The second-order valence-corrected chi connectivity index (χ2v) is 32.8. The van der Waals surface area contributed by atoms with Gasteiger partial charge in [-0.3, -0.25) is 0 Å².